The van der Waals surface area contributed by atoms with Crippen LogP contribution in [0.1, 0.15) is 10.4 Å². The van der Waals surface area contributed by atoms with Gasteiger partial charge in [-0.05, 0) is 30.3 Å². The normalized spacial score (nSPS) is 10.6. The zero-order valence-electron chi connectivity index (χ0n) is 15.7. The van der Waals surface area contributed by atoms with Crippen molar-refractivity contribution in [3.63, 3.8) is 0 Å². The smallest absolute Gasteiger partial charge is 0.259 e. The fraction of sp³-hybridized carbons (Fsp3) is 0.0870. The number of carbonyl (C=O) groups excluding carboxylic acids is 1. The highest BCUT2D eigenvalue weighted by atomic mass is 16.5. The van der Waals surface area contributed by atoms with Crippen molar-refractivity contribution in [2.75, 3.05) is 19.5 Å². The van der Waals surface area contributed by atoms with E-state index in [9.17, 15) is 4.79 Å². The number of fused-ring (bicyclic) bond motifs is 1. The van der Waals surface area contributed by atoms with Crippen molar-refractivity contribution in [2.24, 2.45) is 0 Å². The SMILES string of the molecule is COc1ccc(C(=O)Nc2ccccc2-c2cc3ccccc3[nH]2)c(OC)c1. The van der Waals surface area contributed by atoms with Gasteiger partial charge in [0.25, 0.3) is 5.91 Å². The minimum absolute atomic E-state index is 0.247. The van der Waals surface area contributed by atoms with E-state index in [0.717, 1.165) is 27.8 Å². The van der Waals surface area contributed by atoms with Crippen LogP contribution in [0.2, 0.25) is 0 Å². The van der Waals surface area contributed by atoms with E-state index in [1.54, 1.807) is 25.3 Å². The average Bonchev–Trinajstić information content (AvgIpc) is 3.17. The minimum atomic E-state index is -0.247. The van der Waals surface area contributed by atoms with Crippen molar-refractivity contribution in [2.45, 2.75) is 0 Å². The molecular formula is C23H20N2O3. The number of hydrogen-bond donors (Lipinski definition) is 2. The minimum Gasteiger partial charge on any atom is -0.497 e. The molecule has 28 heavy (non-hydrogen) atoms. The predicted molar refractivity (Wildman–Crippen MR) is 111 cm³/mol. The Balaban J connectivity index is 1.69. The molecule has 0 saturated heterocycles. The lowest BCUT2D eigenvalue weighted by Gasteiger charge is -2.13. The van der Waals surface area contributed by atoms with Crippen LogP contribution in [0, 0.1) is 0 Å². The Kier molecular flexibility index (Phi) is 4.72. The maximum atomic E-state index is 12.9. The third-order valence-electron chi connectivity index (χ3n) is 4.65. The van der Waals surface area contributed by atoms with Crippen LogP contribution in [0.25, 0.3) is 22.2 Å². The summed E-state index contributed by atoms with van der Waals surface area (Å²) in [6.07, 6.45) is 0. The van der Waals surface area contributed by atoms with Crippen molar-refractivity contribution in [3.05, 3.63) is 78.4 Å². The van der Waals surface area contributed by atoms with Gasteiger partial charge in [-0.25, -0.2) is 0 Å². The van der Waals surface area contributed by atoms with Gasteiger partial charge in [-0.3, -0.25) is 4.79 Å². The quantitative estimate of drug-likeness (QED) is 0.512. The zero-order valence-corrected chi connectivity index (χ0v) is 15.7. The first-order valence-electron chi connectivity index (χ1n) is 8.90. The van der Waals surface area contributed by atoms with E-state index < -0.39 is 0 Å². The fourth-order valence-corrected chi connectivity index (χ4v) is 3.22. The van der Waals surface area contributed by atoms with E-state index in [0.29, 0.717) is 17.1 Å². The van der Waals surface area contributed by atoms with Gasteiger partial charge >= 0.3 is 0 Å². The number of ether oxygens (including phenoxy) is 2. The summed E-state index contributed by atoms with van der Waals surface area (Å²) < 4.78 is 10.6. The number of rotatable bonds is 5. The summed E-state index contributed by atoms with van der Waals surface area (Å²) >= 11 is 0. The average molecular weight is 372 g/mol. The Bertz CT molecular complexity index is 1110. The molecule has 0 aliphatic heterocycles. The number of nitrogens with one attached hydrogen (secondary N) is 2. The van der Waals surface area contributed by atoms with Crippen molar-refractivity contribution in [1.29, 1.82) is 0 Å². The van der Waals surface area contributed by atoms with Gasteiger partial charge in [0.15, 0.2) is 0 Å². The molecule has 0 atom stereocenters. The molecule has 0 saturated carbocycles. The van der Waals surface area contributed by atoms with Crippen LogP contribution >= 0.6 is 0 Å². The second-order valence-corrected chi connectivity index (χ2v) is 6.34. The molecule has 1 aromatic heterocycles. The van der Waals surface area contributed by atoms with Crippen LogP contribution < -0.4 is 14.8 Å². The van der Waals surface area contributed by atoms with E-state index in [2.05, 4.69) is 22.4 Å². The number of aromatic nitrogens is 1. The largest absolute Gasteiger partial charge is 0.497 e. The highest BCUT2D eigenvalue weighted by molar-refractivity contribution is 6.08. The Morgan fingerprint density at radius 2 is 1.68 bits per heavy atom. The van der Waals surface area contributed by atoms with Gasteiger partial charge in [-0.15, -0.1) is 0 Å². The van der Waals surface area contributed by atoms with Crippen LogP contribution in [-0.2, 0) is 0 Å². The molecule has 0 fully saturated rings. The first kappa shape index (κ1) is 17.7. The number of methoxy groups -OCH3 is 2. The Morgan fingerprint density at radius 3 is 2.46 bits per heavy atom. The van der Waals surface area contributed by atoms with Crippen LogP contribution in [0.5, 0.6) is 11.5 Å². The van der Waals surface area contributed by atoms with E-state index in [1.165, 1.54) is 7.11 Å². The molecule has 1 heterocycles. The predicted octanol–water partition coefficient (Wildman–Crippen LogP) is 5.10. The van der Waals surface area contributed by atoms with Crippen LogP contribution in [0.4, 0.5) is 5.69 Å². The first-order valence-corrected chi connectivity index (χ1v) is 8.90. The molecular weight excluding hydrogens is 352 g/mol. The van der Waals surface area contributed by atoms with E-state index in [4.69, 9.17) is 9.47 Å². The number of hydrogen-bond acceptors (Lipinski definition) is 3. The third-order valence-corrected chi connectivity index (χ3v) is 4.65. The first-order chi connectivity index (χ1) is 13.7. The van der Waals surface area contributed by atoms with Gasteiger partial charge in [-0.2, -0.15) is 0 Å². The number of amides is 1. The van der Waals surface area contributed by atoms with Crippen LogP contribution in [0.15, 0.2) is 72.8 Å². The van der Waals surface area contributed by atoms with Gasteiger partial charge in [0.1, 0.15) is 11.5 Å². The molecule has 0 aliphatic rings. The van der Waals surface area contributed by atoms with Crippen LogP contribution in [0.3, 0.4) is 0 Å². The number of H-pyrrole nitrogens is 1. The second-order valence-electron chi connectivity index (χ2n) is 6.34. The number of aromatic amines is 1. The molecule has 3 aromatic carbocycles. The maximum absolute atomic E-state index is 12.9. The topological polar surface area (TPSA) is 63.3 Å². The molecule has 0 radical (unpaired) electrons. The summed E-state index contributed by atoms with van der Waals surface area (Å²) in [4.78, 5) is 16.3. The molecule has 4 rings (SSSR count). The molecule has 0 spiro atoms. The molecule has 0 unspecified atom stereocenters. The zero-order chi connectivity index (χ0) is 19.5. The maximum Gasteiger partial charge on any atom is 0.259 e. The van der Waals surface area contributed by atoms with Crippen molar-refractivity contribution in [1.82, 2.24) is 4.98 Å². The van der Waals surface area contributed by atoms with E-state index >= 15 is 0 Å². The van der Waals surface area contributed by atoms with Crippen LogP contribution in [-0.4, -0.2) is 25.1 Å². The highest BCUT2D eigenvalue weighted by Gasteiger charge is 2.16. The van der Waals surface area contributed by atoms with Gasteiger partial charge in [0.05, 0.1) is 25.5 Å². The van der Waals surface area contributed by atoms with Crippen molar-refractivity contribution in [3.8, 4) is 22.8 Å². The number of para-hydroxylation sites is 2. The molecule has 0 bridgehead atoms. The van der Waals surface area contributed by atoms with E-state index in [1.807, 2.05) is 42.5 Å². The van der Waals surface area contributed by atoms with Crippen molar-refractivity contribution < 1.29 is 14.3 Å². The number of anilines is 1. The standard InChI is InChI=1S/C23H20N2O3/c1-27-16-11-12-18(22(14-16)28-2)23(26)25-20-10-6-4-8-17(20)21-13-15-7-3-5-9-19(15)24-21/h3-14,24H,1-2H3,(H,25,26). The summed E-state index contributed by atoms with van der Waals surface area (Å²) in [7, 11) is 3.11. The summed E-state index contributed by atoms with van der Waals surface area (Å²) in [6.45, 7) is 0. The van der Waals surface area contributed by atoms with Gasteiger partial charge < -0.3 is 19.8 Å². The summed E-state index contributed by atoms with van der Waals surface area (Å²) in [6, 6.07) is 23.0. The monoisotopic (exact) mass is 372 g/mol. The number of carbonyl (C=O) groups is 1. The molecule has 5 heteroatoms. The van der Waals surface area contributed by atoms with E-state index in [-0.39, 0.29) is 5.91 Å². The van der Waals surface area contributed by atoms with Crippen molar-refractivity contribution >= 4 is 22.5 Å². The molecule has 5 nitrogen and oxygen atoms in total. The lowest BCUT2D eigenvalue weighted by molar-refractivity contribution is 0.102. The molecule has 4 aromatic rings. The number of benzene rings is 3. The fourth-order valence-electron chi connectivity index (χ4n) is 3.22. The second kappa shape index (κ2) is 7.48. The van der Waals surface area contributed by atoms with Gasteiger partial charge in [0, 0.05) is 28.2 Å². The molecule has 140 valence electrons. The molecule has 2 N–H and O–H groups in total. The summed E-state index contributed by atoms with van der Waals surface area (Å²) in [5, 5.41) is 4.12. The van der Waals surface area contributed by atoms with Gasteiger partial charge in [-0.1, -0.05) is 36.4 Å². The molecule has 0 aliphatic carbocycles. The Hall–Kier alpha value is -3.73. The molecule has 1 amide bonds. The van der Waals surface area contributed by atoms with Gasteiger partial charge in [0.2, 0.25) is 0 Å². The summed E-state index contributed by atoms with van der Waals surface area (Å²) in [5.74, 6) is 0.842. The highest BCUT2D eigenvalue weighted by Crippen LogP contribution is 2.31. The Labute approximate surface area is 162 Å². The lowest BCUT2D eigenvalue weighted by atomic mass is 10.1. The summed E-state index contributed by atoms with van der Waals surface area (Å²) in [5.41, 5.74) is 4.07. The lowest BCUT2D eigenvalue weighted by Crippen LogP contribution is -2.14. The Morgan fingerprint density at radius 1 is 0.893 bits per heavy atom. The third kappa shape index (κ3) is 3.30.